The first-order valence-electron chi connectivity index (χ1n) is 7.73. The summed E-state index contributed by atoms with van der Waals surface area (Å²) < 4.78 is 5.16. The lowest BCUT2D eigenvalue weighted by atomic mass is 10.1. The molecular formula is C17H28N2O. The molecule has 0 saturated carbocycles. The van der Waals surface area contributed by atoms with E-state index < -0.39 is 0 Å². The highest BCUT2D eigenvalue weighted by Crippen LogP contribution is 2.14. The quantitative estimate of drug-likeness (QED) is 0.829. The first-order valence-corrected chi connectivity index (χ1v) is 7.73. The van der Waals surface area contributed by atoms with Gasteiger partial charge in [-0.05, 0) is 44.4 Å². The minimum Gasteiger partial charge on any atom is -0.380 e. The van der Waals surface area contributed by atoms with Gasteiger partial charge in [0.1, 0.15) is 0 Å². The van der Waals surface area contributed by atoms with Crippen LogP contribution in [0.2, 0.25) is 0 Å². The molecule has 1 N–H and O–H groups in total. The molecule has 0 amide bonds. The fourth-order valence-corrected chi connectivity index (χ4v) is 2.80. The molecule has 3 heteroatoms. The van der Waals surface area contributed by atoms with Crippen LogP contribution in [0.5, 0.6) is 0 Å². The van der Waals surface area contributed by atoms with Gasteiger partial charge in [0.15, 0.2) is 0 Å². The maximum atomic E-state index is 5.16. The van der Waals surface area contributed by atoms with E-state index in [1.807, 2.05) is 0 Å². The van der Waals surface area contributed by atoms with Gasteiger partial charge in [0.05, 0.1) is 6.61 Å². The number of methoxy groups -OCH3 is 1. The second-order valence-corrected chi connectivity index (χ2v) is 6.07. The summed E-state index contributed by atoms with van der Waals surface area (Å²) in [5.41, 5.74) is 2.63. The molecule has 1 heterocycles. The first-order chi connectivity index (χ1) is 9.69. The SMILES string of the molecule is COCc1ccc(CN(CC2CCCN2)C(C)C)cc1. The van der Waals surface area contributed by atoms with Crippen molar-refractivity contribution in [2.24, 2.45) is 0 Å². The van der Waals surface area contributed by atoms with Crippen LogP contribution in [-0.2, 0) is 17.9 Å². The maximum Gasteiger partial charge on any atom is 0.0713 e. The molecule has 20 heavy (non-hydrogen) atoms. The van der Waals surface area contributed by atoms with Crippen LogP contribution in [0.4, 0.5) is 0 Å². The van der Waals surface area contributed by atoms with E-state index in [1.165, 1.54) is 30.5 Å². The van der Waals surface area contributed by atoms with E-state index in [4.69, 9.17) is 4.74 Å². The monoisotopic (exact) mass is 276 g/mol. The molecular weight excluding hydrogens is 248 g/mol. The van der Waals surface area contributed by atoms with Crippen LogP contribution in [0.3, 0.4) is 0 Å². The zero-order chi connectivity index (χ0) is 14.4. The molecule has 1 atom stereocenters. The molecule has 112 valence electrons. The fraction of sp³-hybridized carbons (Fsp3) is 0.647. The maximum absolute atomic E-state index is 5.16. The molecule has 1 saturated heterocycles. The van der Waals surface area contributed by atoms with Gasteiger partial charge in [-0.3, -0.25) is 4.90 Å². The third kappa shape index (κ3) is 4.58. The number of nitrogens with one attached hydrogen (secondary N) is 1. The second kappa shape index (κ2) is 7.77. The van der Waals surface area contributed by atoms with Gasteiger partial charge in [0.25, 0.3) is 0 Å². The predicted molar refractivity (Wildman–Crippen MR) is 83.7 cm³/mol. The summed E-state index contributed by atoms with van der Waals surface area (Å²) in [6.07, 6.45) is 2.64. The van der Waals surface area contributed by atoms with E-state index in [2.05, 4.69) is 48.3 Å². The minimum atomic E-state index is 0.580. The molecule has 1 fully saturated rings. The lowest BCUT2D eigenvalue weighted by Crippen LogP contribution is -2.40. The van der Waals surface area contributed by atoms with E-state index in [0.717, 1.165) is 13.1 Å². The van der Waals surface area contributed by atoms with Crippen LogP contribution in [0.15, 0.2) is 24.3 Å². The molecule has 1 aliphatic rings. The summed E-state index contributed by atoms with van der Waals surface area (Å²) in [4.78, 5) is 2.56. The Morgan fingerprint density at radius 2 is 1.95 bits per heavy atom. The molecule has 0 spiro atoms. The van der Waals surface area contributed by atoms with Gasteiger partial charge >= 0.3 is 0 Å². The van der Waals surface area contributed by atoms with Gasteiger partial charge in [0, 0.05) is 32.3 Å². The molecule has 0 aliphatic carbocycles. The van der Waals surface area contributed by atoms with Crippen molar-refractivity contribution in [3.05, 3.63) is 35.4 Å². The van der Waals surface area contributed by atoms with Crippen LogP contribution in [-0.4, -0.2) is 37.2 Å². The van der Waals surface area contributed by atoms with Crippen LogP contribution < -0.4 is 5.32 Å². The first kappa shape index (κ1) is 15.5. The Morgan fingerprint density at radius 3 is 2.50 bits per heavy atom. The Labute approximate surface area is 123 Å². The summed E-state index contributed by atoms with van der Waals surface area (Å²) in [7, 11) is 1.74. The Kier molecular flexibility index (Phi) is 6.02. The van der Waals surface area contributed by atoms with E-state index in [-0.39, 0.29) is 0 Å². The summed E-state index contributed by atoms with van der Waals surface area (Å²) in [5.74, 6) is 0. The van der Waals surface area contributed by atoms with Gasteiger partial charge in [0.2, 0.25) is 0 Å². The third-order valence-electron chi connectivity index (χ3n) is 4.07. The predicted octanol–water partition coefficient (Wildman–Crippen LogP) is 2.80. The van der Waals surface area contributed by atoms with Crippen molar-refractivity contribution in [1.82, 2.24) is 10.2 Å². The van der Waals surface area contributed by atoms with E-state index >= 15 is 0 Å². The van der Waals surface area contributed by atoms with Crippen molar-refractivity contribution < 1.29 is 4.74 Å². The van der Waals surface area contributed by atoms with Crippen molar-refractivity contribution in [3.63, 3.8) is 0 Å². The summed E-state index contributed by atoms with van der Waals surface area (Å²) >= 11 is 0. The molecule has 1 aromatic carbocycles. The number of hydrogen-bond donors (Lipinski definition) is 1. The van der Waals surface area contributed by atoms with Crippen molar-refractivity contribution in [2.45, 2.75) is 51.9 Å². The summed E-state index contributed by atoms with van der Waals surface area (Å²) in [6.45, 7) is 8.63. The van der Waals surface area contributed by atoms with Crippen molar-refractivity contribution in [2.75, 3.05) is 20.2 Å². The third-order valence-corrected chi connectivity index (χ3v) is 4.07. The highest BCUT2D eigenvalue weighted by atomic mass is 16.5. The highest BCUT2D eigenvalue weighted by Gasteiger charge is 2.19. The zero-order valence-electron chi connectivity index (χ0n) is 13.1. The molecule has 0 aromatic heterocycles. The average molecular weight is 276 g/mol. The smallest absolute Gasteiger partial charge is 0.0713 e. The van der Waals surface area contributed by atoms with Gasteiger partial charge < -0.3 is 10.1 Å². The minimum absolute atomic E-state index is 0.580. The van der Waals surface area contributed by atoms with E-state index in [9.17, 15) is 0 Å². The number of rotatable bonds is 7. The van der Waals surface area contributed by atoms with Gasteiger partial charge in [-0.2, -0.15) is 0 Å². The van der Waals surface area contributed by atoms with Crippen LogP contribution >= 0.6 is 0 Å². The number of hydrogen-bond acceptors (Lipinski definition) is 3. The standard InChI is InChI=1S/C17H28N2O/c1-14(2)19(12-17-5-4-10-18-17)11-15-6-8-16(9-7-15)13-20-3/h6-9,14,17-18H,4-5,10-13H2,1-3H3. The largest absolute Gasteiger partial charge is 0.380 e. The van der Waals surface area contributed by atoms with Crippen molar-refractivity contribution in [3.8, 4) is 0 Å². The van der Waals surface area contributed by atoms with Crippen molar-refractivity contribution in [1.29, 1.82) is 0 Å². The highest BCUT2D eigenvalue weighted by molar-refractivity contribution is 5.22. The molecule has 3 nitrogen and oxygen atoms in total. The lowest BCUT2D eigenvalue weighted by molar-refractivity contribution is 0.184. The van der Waals surface area contributed by atoms with E-state index in [0.29, 0.717) is 18.7 Å². The average Bonchev–Trinajstić information content (AvgIpc) is 2.93. The second-order valence-electron chi connectivity index (χ2n) is 6.07. The molecule has 0 bridgehead atoms. The number of ether oxygens (including phenoxy) is 1. The normalized spacial score (nSPS) is 19.1. The number of benzene rings is 1. The molecule has 2 rings (SSSR count). The van der Waals surface area contributed by atoms with Crippen LogP contribution in [0.25, 0.3) is 0 Å². The Bertz CT molecular complexity index is 382. The van der Waals surface area contributed by atoms with Gasteiger partial charge in [-0.15, -0.1) is 0 Å². The Hall–Kier alpha value is -0.900. The fourth-order valence-electron chi connectivity index (χ4n) is 2.80. The topological polar surface area (TPSA) is 24.5 Å². The number of nitrogens with zero attached hydrogens (tertiary/aromatic N) is 1. The molecule has 1 unspecified atom stereocenters. The van der Waals surface area contributed by atoms with Gasteiger partial charge in [-0.25, -0.2) is 0 Å². The molecule has 1 aliphatic heterocycles. The van der Waals surface area contributed by atoms with Crippen molar-refractivity contribution >= 4 is 0 Å². The lowest BCUT2D eigenvalue weighted by Gasteiger charge is -2.29. The van der Waals surface area contributed by atoms with E-state index in [1.54, 1.807) is 7.11 Å². The summed E-state index contributed by atoms with van der Waals surface area (Å²) in [6, 6.07) is 10.1. The Morgan fingerprint density at radius 1 is 1.25 bits per heavy atom. The Balaban J connectivity index is 1.92. The molecule has 0 radical (unpaired) electrons. The molecule has 1 aromatic rings. The van der Waals surface area contributed by atoms with Crippen LogP contribution in [0, 0.1) is 0 Å². The van der Waals surface area contributed by atoms with Gasteiger partial charge in [-0.1, -0.05) is 24.3 Å². The van der Waals surface area contributed by atoms with Crippen LogP contribution in [0.1, 0.15) is 37.8 Å². The summed E-state index contributed by atoms with van der Waals surface area (Å²) in [5, 5.41) is 3.60. The zero-order valence-corrected chi connectivity index (χ0v) is 13.1.